The summed E-state index contributed by atoms with van der Waals surface area (Å²) in [5, 5.41) is 0. The number of hydrogen-bond donors (Lipinski definition) is 1. The van der Waals surface area contributed by atoms with Gasteiger partial charge in [-0.25, -0.2) is 4.98 Å². The Labute approximate surface area is 129 Å². The molecule has 1 saturated carbocycles. The normalized spacial score (nSPS) is 23.6. The van der Waals surface area contributed by atoms with Gasteiger partial charge in [-0.2, -0.15) is 0 Å². The predicted octanol–water partition coefficient (Wildman–Crippen LogP) is 4.59. The first-order chi connectivity index (χ1) is 9.40. The molecule has 0 saturated heterocycles. The Morgan fingerprint density at radius 2 is 1.75 bits per heavy atom. The van der Waals surface area contributed by atoms with Crippen LogP contribution in [0, 0.1) is 11.8 Å². The van der Waals surface area contributed by atoms with Crippen LogP contribution in [-0.4, -0.2) is 9.97 Å². The molecule has 0 atom stereocenters. The van der Waals surface area contributed by atoms with Gasteiger partial charge in [0.2, 0.25) is 0 Å². The van der Waals surface area contributed by atoms with E-state index in [0.717, 1.165) is 36.2 Å². The lowest BCUT2D eigenvalue weighted by Gasteiger charge is -2.30. The zero-order valence-electron chi connectivity index (χ0n) is 12.9. The Balaban J connectivity index is 2.20. The van der Waals surface area contributed by atoms with Crippen LogP contribution in [0.3, 0.4) is 0 Å². The van der Waals surface area contributed by atoms with Gasteiger partial charge in [0.25, 0.3) is 5.56 Å². The lowest BCUT2D eigenvalue weighted by atomic mass is 9.76. The largest absolute Gasteiger partial charge is 0.309 e. The molecule has 2 rings (SSSR count). The minimum Gasteiger partial charge on any atom is -0.309 e. The average Bonchev–Trinajstić information content (AvgIpc) is 2.41. The highest BCUT2D eigenvalue weighted by molar-refractivity contribution is 9.10. The third-order valence-electron chi connectivity index (χ3n) is 4.55. The second kappa shape index (κ2) is 6.42. The summed E-state index contributed by atoms with van der Waals surface area (Å²) in [6.45, 7) is 8.77. The van der Waals surface area contributed by atoms with Gasteiger partial charge in [-0.1, -0.05) is 27.7 Å². The number of aromatic nitrogens is 2. The summed E-state index contributed by atoms with van der Waals surface area (Å²) in [4.78, 5) is 19.7. The van der Waals surface area contributed by atoms with E-state index < -0.39 is 0 Å². The Morgan fingerprint density at radius 1 is 1.15 bits per heavy atom. The van der Waals surface area contributed by atoms with Gasteiger partial charge in [0.15, 0.2) is 0 Å². The van der Waals surface area contributed by atoms with Crippen molar-refractivity contribution in [3.05, 3.63) is 26.3 Å². The van der Waals surface area contributed by atoms with Gasteiger partial charge in [0.1, 0.15) is 10.3 Å². The molecule has 1 aliphatic carbocycles. The molecule has 4 heteroatoms. The van der Waals surface area contributed by atoms with E-state index in [-0.39, 0.29) is 11.5 Å². The summed E-state index contributed by atoms with van der Waals surface area (Å²) in [5.74, 6) is 3.17. The van der Waals surface area contributed by atoms with Gasteiger partial charge in [0, 0.05) is 5.92 Å². The molecule has 0 aliphatic heterocycles. The van der Waals surface area contributed by atoms with Crippen molar-refractivity contribution in [3.63, 3.8) is 0 Å². The van der Waals surface area contributed by atoms with Gasteiger partial charge in [0.05, 0.1) is 5.69 Å². The maximum absolute atomic E-state index is 12.0. The van der Waals surface area contributed by atoms with E-state index in [1.54, 1.807) is 0 Å². The van der Waals surface area contributed by atoms with Gasteiger partial charge >= 0.3 is 0 Å². The molecule has 1 N–H and O–H groups in total. The summed E-state index contributed by atoms with van der Waals surface area (Å²) >= 11 is 3.36. The minimum absolute atomic E-state index is 0.0373. The molecule has 3 nitrogen and oxygen atoms in total. The van der Waals surface area contributed by atoms with Crippen LogP contribution in [-0.2, 0) is 0 Å². The van der Waals surface area contributed by atoms with Crippen molar-refractivity contribution in [1.82, 2.24) is 9.97 Å². The van der Waals surface area contributed by atoms with Gasteiger partial charge in [-0.15, -0.1) is 0 Å². The smallest absolute Gasteiger partial charge is 0.265 e. The van der Waals surface area contributed by atoms with Crippen molar-refractivity contribution >= 4 is 15.9 Å². The van der Waals surface area contributed by atoms with E-state index in [1.165, 1.54) is 12.8 Å². The number of rotatable bonds is 3. The van der Waals surface area contributed by atoms with Crippen LogP contribution >= 0.6 is 15.9 Å². The highest BCUT2D eigenvalue weighted by atomic mass is 79.9. The van der Waals surface area contributed by atoms with Crippen LogP contribution in [0.25, 0.3) is 0 Å². The molecule has 1 aliphatic rings. The molecule has 1 fully saturated rings. The van der Waals surface area contributed by atoms with E-state index in [0.29, 0.717) is 10.4 Å². The first kappa shape index (κ1) is 15.7. The van der Waals surface area contributed by atoms with Crippen LogP contribution < -0.4 is 5.56 Å². The highest BCUT2D eigenvalue weighted by Crippen LogP contribution is 2.37. The van der Waals surface area contributed by atoms with Crippen molar-refractivity contribution in [3.8, 4) is 0 Å². The third-order valence-corrected chi connectivity index (χ3v) is 5.32. The van der Waals surface area contributed by atoms with E-state index in [9.17, 15) is 4.79 Å². The first-order valence-corrected chi connectivity index (χ1v) is 8.49. The summed E-state index contributed by atoms with van der Waals surface area (Å²) in [6.07, 6.45) is 4.79. The molecule has 1 heterocycles. The Hall–Kier alpha value is -0.640. The molecule has 1 aromatic heterocycles. The molecule has 20 heavy (non-hydrogen) atoms. The summed E-state index contributed by atoms with van der Waals surface area (Å²) in [7, 11) is 0. The second-order valence-corrected chi connectivity index (χ2v) is 7.45. The van der Waals surface area contributed by atoms with Crippen LogP contribution in [0.2, 0.25) is 0 Å². The van der Waals surface area contributed by atoms with E-state index in [2.05, 4.69) is 48.6 Å². The fraction of sp³-hybridized carbons (Fsp3) is 0.750. The summed E-state index contributed by atoms with van der Waals surface area (Å²) in [5.41, 5.74) is 0.847. The fourth-order valence-electron chi connectivity index (χ4n) is 3.13. The molecule has 112 valence electrons. The Bertz CT molecular complexity index is 514. The molecular formula is C16H25BrN2O. The van der Waals surface area contributed by atoms with Gasteiger partial charge in [-0.05, 0) is 59.4 Å². The number of nitrogens with zero attached hydrogens (tertiary/aromatic N) is 1. The van der Waals surface area contributed by atoms with E-state index >= 15 is 0 Å². The van der Waals surface area contributed by atoms with Crippen molar-refractivity contribution in [1.29, 1.82) is 0 Å². The molecule has 0 spiro atoms. The molecule has 0 unspecified atom stereocenters. The maximum atomic E-state index is 12.0. The van der Waals surface area contributed by atoms with Crippen molar-refractivity contribution in [2.24, 2.45) is 11.8 Å². The zero-order valence-corrected chi connectivity index (χ0v) is 14.5. The van der Waals surface area contributed by atoms with Crippen LogP contribution in [0.5, 0.6) is 0 Å². The van der Waals surface area contributed by atoms with Crippen molar-refractivity contribution < 1.29 is 0 Å². The minimum atomic E-state index is -0.0373. The Kier molecular flexibility index (Phi) is 5.05. The second-order valence-electron chi connectivity index (χ2n) is 6.66. The fourth-order valence-corrected chi connectivity index (χ4v) is 3.78. The van der Waals surface area contributed by atoms with Crippen molar-refractivity contribution in [2.75, 3.05) is 0 Å². The zero-order chi connectivity index (χ0) is 14.9. The van der Waals surface area contributed by atoms with Gasteiger partial charge < -0.3 is 4.98 Å². The number of hydrogen-bond acceptors (Lipinski definition) is 2. The molecule has 1 aromatic rings. The van der Waals surface area contributed by atoms with Crippen LogP contribution in [0.1, 0.15) is 76.7 Å². The standard InChI is InChI=1S/C16H25BrN2O/c1-9(2)11-5-7-12(8-6-11)15-18-14(10(3)4)13(17)16(20)19-15/h9-12H,5-8H2,1-4H3,(H,18,19,20). The topological polar surface area (TPSA) is 45.8 Å². The summed E-state index contributed by atoms with van der Waals surface area (Å²) in [6, 6.07) is 0. The number of H-pyrrole nitrogens is 1. The van der Waals surface area contributed by atoms with E-state index in [4.69, 9.17) is 4.98 Å². The quantitative estimate of drug-likeness (QED) is 0.874. The predicted molar refractivity (Wildman–Crippen MR) is 86.2 cm³/mol. The molecule has 0 radical (unpaired) electrons. The third kappa shape index (κ3) is 3.33. The van der Waals surface area contributed by atoms with Crippen LogP contribution in [0.4, 0.5) is 0 Å². The monoisotopic (exact) mass is 340 g/mol. The summed E-state index contributed by atoms with van der Waals surface area (Å²) < 4.78 is 0.590. The maximum Gasteiger partial charge on any atom is 0.265 e. The highest BCUT2D eigenvalue weighted by Gasteiger charge is 2.26. The van der Waals surface area contributed by atoms with Crippen molar-refractivity contribution in [2.45, 2.75) is 65.2 Å². The van der Waals surface area contributed by atoms with Gasteiger partial charge in [-0.3, -0.25) is 4.79 Å². The number of halogens is 1. The number of aromatic amines is 1. The van der Waals surface area contributed by atoms with Crippen LogP contribution in [0.15, 0.2) is 9.27 Å². The SMILES string of the molecule is CC(C)c1nc(C2CCC(C(C)C)CC2)[nH]c(=O)c1Br. The lowest BCUT2D eigenvalue weighted by molar-refractivity contribution is 0.254. The first-order valence-electron chi connectivity index (χ1n) is 7.69. The molecule has 0 bridgehead atoms. The molecule has 0 aromatic carbocycles. The number of nitrogens with one attached hydrogen (secondary N) is 1. The average molecular weight is 341 g/mol. The molecule has 0 amide bonds. The lowest BCUT2D eigenvalue weighted by Crippen LogP contribution is -2.23. The molecular weight excluding hydrogens is 316 g/mol. The Morgan fingerprint density at radius 3 is 2.25 bits per heavy atom. The van der Waals surface area contributed by atoms with E-state index in [1.807, 2.05) is 0 Å².